The van der Waals surface area contributed by atoms with Crippen molar-refractivity contribution in [1.82, 2.24) is 4.98 Å². The highest BCUT2D eigenvalue weighted by atomic mass is 35.5. The van der Waals surface area contributed by atoms with Crippen molar-refractivity contribution in [2.24, 2.45) is 5.84 Å². The lowest BCUT2D eigenvalue weighted by molar-refractivity contribution is 1.22. The molecule has 2 rings (SSSR count). The first-order valence-corrected chi connectivity index (χ1v) is 6.57. The van der Waals surface area contributed by atoms with Gasteiger partial charge in [0.25, 0.3) is 0 Å². The summed E-state index contributed by atoms with van der Waals surface area (Å²) in [5, 5.41) is 4.64. The monoisotopic (exact) mass is 336 g/mol. The number of benzene rings is 1. The molecule has 2 aromatic rings. The lowest BCUT2D eigenvalue weighted by Crippen LogP contribution is -2.10. The number of aromatic nitrogens is 1. The average molecular weight is 338 g/mol. The van der Waals surface area contributed by atoms with Crippen LogP contribution in [0.5, 0.6) is 0 Å². The summed E-state index contributed by atoms with van der Waals surface area (Å²) in [5.74, 6) is 5.96. The van der Waals surface area contributed by atoms with Crippen LogP contribution in [0, 0.1) is 0 Å². The highest BCUT2D eigenvalue weighted by molar-refractivity contribution is 6.38. The van der Waals surface area contributed by atoms with Crippen molar-refractivity contribution < 1.29 is 0 Å². The lowest BCUT2D eigenvalue weighted by Gasteiger charge is -2.12. The maximum atomic E-state index is 6.05. The summed E-state index contributed by atoms with van der Waals surface area (Å²) in [6.45, 7) is 0. The minimum atomic E-state index is 0.298. The molecule has 1 aromatic heterocycles. The molecule has 8 heteroatoms. The first-order chi connectivity index (χ1) is 9.01. The van der Waals surface area contributed by atoms with Gasteiger partial charge < -0.3 is 10.7 Å². The molecule has 0 atom stereocenters. The molecule has 0 aliphatic carbocycles. The lowest BCUT2D eigenvalue weighted by atomic mass is 10.3. The molecular weight excluding hydrogens is 330 g/mol. The smallest absolute Gasteiger partial charge is 0.161 e. The largest absolute Gasteiger partial charge is 0.338 e. The Morgan fingerprint density at radius 3 is 2.26 bits per heavy atom. The third kappa shape index (κ3) is 3.35. The summed E-state index contributed by atoms with van der Waals surface area (Å²) in [5.41, 5.74) is 2.95. The van der Waals surface area contributed by atoms with Crippen LogP contribution in [0.25, 0.3) is 0 Å². The molecule has 100 valence electrons. The van der Waals surface area contributed by atoms with Crippen LogP contribution in [-0.4, -0.2) is 4.98 Å². The van der Waals surface area contributed by atoms with Gasteiger partial charge in [-0.05, 0) is 24.3 Å². The van der Waals surface area contributed by atoms with Crippen LogP contribution < -0.4 is 16.6 Å². The van der Waals surface area contributed by atoms with E-state index in [1.165, 1.54) is 6.07 Å². The van der Waals surface area contributed by atoms with Gasteiger partial charge in [-0.2, -0.15) is 0 Å². The highest BCUT2D eigenvalue weighted by Gasteiger charge is 2.10. The number of nitrogens with one attached hydrogen (secondary N) is 2. The predicted molar refractivity (Wildman–Crippen MR) is 81.8 cm³/mol. The van der Waals surface area contributed by atoms with E-state index in [0.29, 0.717) is 37.4 Å². The Hall–Kier alpha value is -0.910. The number of hydrogen-bond acceptors (Lipinski definition) is 4. The van der Waals surface area contributed by atoms with Gasteiger partial charge in [0, 0.05) is 5.02 Å². The molecule has 1 heterocycles. The Bertz CT molecular complexity index is 618. The predicted octanol–water partition coefficient (Wildman–Crippen LogP) is 4.72. The molecule has 0 radical (unpaired) electrons. The molecule has 0 aliphatic heterocycles. The normalized spacial score (nSPS) is 10.4. The number of hydrazine groups is 1. The minimum absolute atomic E-state index is 0.298. The number of nitrogens with two attached hydrogens (primary N) is 1. The maximum absolute atomic E-state index is 6.05. The number of pyridine rings is 1. The van der Waals surface area contributed by atoms with Crippen molar-refractivity contribution in [1.29, 1.82) is 0 Å². The number of hydrogen-bond donors (Lipinski definition) is 3. The molecule has 0 bridgehead atoms. The van der Waals surface area contributed by atoms with Crippen LogP contribution in [-0.2, 0) is 0 Å². The van der Waals surface area contributed by atoms with E-state index in [9.17, 15) is 0 Å². The fraction of sp³-hybridized carbons (Fsp3) is 0. The zero-order valence-electron chi connectivity index (χ0n) is 9.35. The van der Waals surface area contributed by atoms with Crippen LogP contribution >= 0.6 is 46.4 Å². The van der Waals surface area contributed by atoms with Gasteiger partial charge in [-0.1, -0.05) is 46.4 Å². The van der Waals surface area contributed by atoms with Crippen molar-refractivity contribution in [3.63, 3.8) is 0 Å². The van der Waals surface area contributed by atoms with Crippen LogP contribution in [0.4, 0.5) is 17.3 Å². The number of nitrogens with zero attached hydrogens (tertiary/aromatic N) is 1. The molecule has 0 saturated heterocycles. The van der Waals surface area contributed by atoms with E-state index < -0.39 is 0 Å². The van der Waals surface area contributed by atoms with Gasteiger partial charge in [-0.15, -0.1) is 0 Å². The zero-order chi connectivity index (χ0) is 14.0. The van der Waals surface area contributed by atoms with Gasteiger partial charge in [0.1, 0.15) is 0 Å². The van der Waals surface area contributed by atoms with Crippen molar-refractivity contribution in [2.45, 2.75) is 0 Å². The van der Waals surface area contributed by atoms with Crippen LogP contribution in [0.3, 0.4) is 0 Å². The van der Waals surface area contributed by atoms with E-state index in [-0.39, 0.29) is 0 Å². The molecule has 0 spiro atoms. The molecule has 1 aromatic carbocycles. The minimum Gasteiger partial charge on any atom is -0.338 e. The molecular formula is C11H8Cl4N4. The fourth-order valence-electron chi connectivity index (χ4n) is 1.38. The van der Waals surface area contributed by atoms with E-state index in [1.807, 2.05) is 0 Å². The topological polar surface area (TPSA) is 63.0 Å². The molecule has 4 N–H and O–H groups in total. The summed E-state index contributed by atoms with van der Waals surface area (Å²) in [4.78, 5) is 4.14. The Kier molecular flexibility index (Phi) is 4.60. The molecule has 19 heavy (non-hydrogen) atoms. The van der Waals surface area contributed by atoms with E-state index >= 15 is 0 Å². The third-order valence-electron chi connectivity index (χ3n) is 2.25. The van der Waals surface area contributed by atoms with E-state index in [2.05, 4.69) is 15.7 Å². The number of halogens is 4. The standard InChI is InChI=1S/C11H8Cl4N4/c12-5-1-2-6(13)9(3-5)17-10-7(14)4-8(15)11(18-10)19-16/h1-4H,16H2,(H2,17,18,19). The molecule has 0 saturated carbocycles. The maximum Gasteiger partial charge on any atom is 0.161 e. The fourth-order valence-corrected chi connectivity index (χ4v) is 2.17. The van der Waals surface area contributed by atoms with Gasteiger partial charge in [0.2, 0.25) is 0 Å². The molecule has 0 aliphatic rings. The van der Waals surface area contributed by atoms with Crippen LogP contribution in [0.15, 0.2) is 24.3 Å². The Morgan fingerprint density at radius 2 is 1.58 bits per heavy atom. The second kappa shape index (κ2) is 6.03. The van der Waals surface area contributed by atoms with Crippen molar-refractivity contribution in [3.8, 4) is 0 Å². The van der Waals surface area contributed by atoms with Crippen molar-refractivity contribution in [2.75, 3.05) is 10.7 Å². The Morgan fingerprint density at radius 1 is 0.895 bits per heavy atom. The first-order valence-electron chi connectivity index (χ1n) is 5.06. The second-order valence-electron chi connectivity index (χ2n) is 3.54. The molecule has 4 nitrogen and oxygen atoms in total. The highest BCUT2D eigenvalue weighted by Crippen LogP contribution is 2.33. The first kappa shape index (κ1) is 14.5. The Labute approximate surface area is 129 Å². The quantitative estimate of drug-likeness (QED) is 0.560. The van der Waals surface area contributed by atoms with Crippen LogP contribution in [0.1, 0.15) is 0 Å². The molecule has 0 unspecified atom stereocenters. The SMILES string of the molecule is NNc1nc(Nc2cc(Cl)ccc2Cl)c(Cl)cc1Cl. The van der Waals surface area contributed by atoms with Gasteiger partial charge in [0.15, 0.2) is 11.6 Å². The van der Waals surface area contributed by atoms with Crippen LogP contribution in [0.2, 0.25) is 20.1 Å². The van der Waals surface area contributed by atoms with Gasteiger partial charge in [-0.25, -0.2) is 10.8 Å². The van der Waals surface area contributed by atoms with Gasteiger partial charge in [-0.3, -0.25) is 0 Å². The van der Waals surface area contributed by atoms with Gasteiger partial charge >= 0.3 is 0 Å². The summed E-state index contributed by atoms with van der Waals surface area (Å²) in [6.07, 6.45) is 0. The second-order valence-corrected chi connectivity index (χ2v) is 5.20. The summed E-state index contributed by atoms with van der Waals surface area (Å²) in [6, 6.07) is 6.52. The summed E-state index contributed by atoms with van der Waals surface area (Å²) in [7, 11) is 0. The zero-order valence-corrected chi connectivity index (χ0v) is 12.4. The summed E-state index contributed by atoms with van der Waals surface area (Å²) < 4.78 is 0. The van der Waals surface area contributed by atoms with E-state index in [1.54, 1.807) is 18.2 Å². The van der Waals surface area contributed by atoms with Gasteiger partial charge in [0.05, 0.1) is 20.8 Å². The number of nitrogen functional groups attached to an aromatic ring is 1. The molecule has 0 amide bonds. The van der Waals surface area contributed by atoms with E-state index in [4.69, 9.17) is 52.2 Å². The third-order valence-corrected chi connectivity index (χ3v) is 3.39. The number of anilines is 3. The Balaban J connectivity index is 2.40. The molecule has 0 fully saturated rings. The summed E-state index contributed by atoms with van der Waals surface area (Å²) >= 11 is 23.9. The van der Waals surface area contributed by atoms with Crippen molar-refractivity contribution >= 4 is 63.7 Å². The van der Waals surface area contributed by atoms with E-state index in [0.717, 1.165) is 0 Å². The number of rotatable bonds is 3. The average Bonchev–Trinajstić information content (AvgIpc) is 2.37. The van der Waals surface area contributed by atoms with Crippen molar-refractivity contribution in [3.05, 3.63) is 44.4 Å².